The summed E-state index contributed by atoms with van der Waals surface area (Å²) >= 11 is 0. The highest BCUT2D eigenvalue weighted by Gasteiger charge is 2.37. The van der Waals surface area contributed by atoms with Crippen molar-refractivity contribution in [3.8, 4) is 6.07 Å². The molecule has 2 heterocycles. The van der Waals surface area contributed by atoms with Gasteiger partial charge in [0, 0.05) is 43.1 Å². The summed E-state index contributed by atoms with van der Waals surface area (Å²) in [5.74, 6) is -1.38. The van der Waals surface area contributed by atoms with Gasteiger partial charge >= 0.3 is 6.09 Å². The molecule has 0 aromatic heterocycles. The number of alkyl carbamates (subject to hydrolysis) is 1. The van der Waals surface area contributed by atoms with E-state index >= 15 is 0 Å². The molecule has 3 unspecified atom stereocenters. The number of nitrogens with zero attached hydrogens (tertiary/aromatic N) is 3. The van der Waals surface area contributed by atoms with Crippen LogP contribution >= 0.6 is 0 Å². The van der Waals surface area contributed by atoms with Crippen LogP contribution in [0.5, 0.6) is 0 Å². The van der Waals surface area contributed by atoms with Crippen LogP contribution < -0.4 is 10.6 Å². The van der Waals surface area contributed by atoms with Crippen LogP contribution in [-0.2, 0) is 9.53 Å². The smallest absolute Gasteiger partial charge is 0.408 e. The Kier molecular flexibility index (Phi) is 8.33. The number of hydrogen-bond donors (Lipinski definition) is 2. The molecule has 2 N–H and O–H groups in total. The van der Waals surface area contributed by atoms with Gasteiger partial charge < -0.3 is 25.1 Å². The summed E-state index contributed by atoms with van der Waals surface area (Å²) in [6, 6.07) is 3.84. The monoisotopic (exact) mass is 489 g/mol. The molecule has 1 aromatic rings. The van der Waals surface area contributed by atoms with Crippen LogP contribution in [0.25, 0.3) is 0 Å². The third-order valence-electron chi connectivity index (χ3n) is 6.12. The average molecular weight is 490 g/mol. The van der Waals surface area contributed by atoms with Crippen LogP contribution in [0.2, 0.25) is 0 Å². The average Bonchev–Trinajstić information content (AvgIpc) is 3.37. The molecule has 10 heteroatoms. The molecule has 35 heavy (non-hydrogen) atoms. The van der Waals surface area contributed by atoms with Gasteiger partial charge in [0.2, 0.25) is 0 Å². The highest BCUT2D eigenvalue weighted by atomic mass is 19.1. The highest BCUT2D eigenvalue weighted by Crippen LogP contribution is 2.26. The van der Waals surface area contributed by atoms with E-state index in [1.165, 1.54) is 12.1 Å². The van der Waals surface area contributed by atoms with Gasteiger partial charge in [-0.3, -0.25) is 4.90 Å². The van der Waals surface area contributed by atoms with Crippen LogP contribution in [0.1, 0.15) is 40.0 Å². The lowest BCUT2D eigenvalue weighted by molar-refractivity contribution is -0.111. The first-order valence-electron chi connectivity index (χ1n) is 11.8. The third-order valence-corrected chi connectivity index (χ3v) is 6.12. The van der Waals surface area contributed by atoms with E-state index in [0.29, 0.717) is 37.3 Å². The Morgan fingerprint density at radius 3 is 2.63 bits per heavy atom. The predicted molar refractivity (Wildman–Crippen MR) is 127 cm³/mol. The van der Waals surface area contributed by atoms with Gasteiger partial charge in [0.05, 0.1) is 18.2 Å². The van der Waals surface area contributed by atoms with Gasteiger partial charge in [0.25, 0.3) is 0 Å². The number of halogens is 2. The van der Waals surface area contributed by atoms with Crippen LogP contribution in [0.3, 0.4) is 0 Å². The summed E-state index contributed by atoms with van der Waals surface area (Å²) in [7, 11) is 0. The number of anilines is 1. The van der Waals surface area contributed by atoms with Gasteiger partial charge in [-0.2, -0.15) is 5.26 Å². The number of nitriles is 1. The third kappa shape index (κ3) is 7.15. The molecule has 2 aliphatic heterocycles. The van der Waals surface area contributed by atoms with E-state index in [-0.39, 0.29) is 18.6 Å². The molecule has 190 valence electrons. The van der Waals surface area contributed by atoms with Crippen molar-refractivity contribution < 1.29 is 23.1 Å². The molecule has 8 nitrogen and oxygen atoms in total. The zero-order valence-corrected chi connectivity index (χ0v) is 20.4. The van der Waals surface area contributed by atoms with E-state index in [4.69, 9.17) is 4.74 Å². The standard InChI is InChI=1S/C25H33F2N5O3/c1-16(32-7-5-6-21(32)12-28)23(30-24(34)35-25(2,3)4)14-31-13-20(11-22(31)15-33)29-19-9-17(26)8-18(27)10-19/h8-10,15,20-23,29H,1,5-7,11,13-14H2,2-4H3,(H,30,34)/t20-,21?,22?,23?/m0/s1. The Morgan fingerprint density at radius 1 is 1.34 bits per heavy atom. The van der Waals surface area contributed by atoms with Crippen molar-refractivity contribution in [2.75, 3.05) is 25.0 Å². The molecular weight excluding hydrogens is 456 g/mol. The zero-order chi connectivity index (χ0) is 25.8. The van der Waals surface area contributed by atoms with E-state index in [0.717, 1.165) is 18.8 Å². The van der Waals surface area contributed by atoms with E-state index in [1.54, 1.807) is 20.8 Å². The normalized spacial score (nSPS) is 23.4. The van der Waals surface area contributed by atoms with Gasteiger partial charge in [0.1, 0.15) is 29.6 Å². The van der Waals surface area contributed by atoms with Gasteiger partial charge in [-0.15, -0.1) is 0 Å². The fraction of sp³-hybridized carbons (Fsp3) is 0.560. The molecule has 0 bridgehead atoms. The quantitative estimate of drug-likeness (QED) is 0.540. The van der Waals surface area contributed by atoms with E-state index in [9.17, 15) is 23.6 Å². The Balaban J connectivity index is 1.75. The summed E-state index contributed by atoms with van der Waals surface area (Å²) in [5, 5.41) is 15.5. The van der Waals surface area contributed by atoms with Crippen LogP contribution in [-0.4, -0.2) is 71.6 Å². The van der Waals surface area contributed by atoms with Crippen molar-refractivity contribution in [3.05, 3.63) is 42.1 Å². The molecule has 4 atom stereocenters. The fourth-order valence-corrected chi connectivity index (χ4v) is 4.63. The molecule has 0 spiro atoms. The Bertz CT molecular complexity index is 970. The fourth-order valence-electron chi connectivity index (χ4n) is 4.63. The second kappa shape index (κ2) is 11.0. The van der Waals surface area contributed by atoms with E-state index in [1.807, 2.05) is 9.80 Å². The minimum atomic E-state index is -0.701. The highest BCUT2D eigenvalue weighted by molar-refractivity contribution is 5.68. The predicted octanol–water partition coefficient (Wildman–Crippen LogP) is 3.41. The largest absolute Gasteiger partial charge is 0.444 e. The summed E-state index contributed by atoms with van der Waals surface area (Å²) in [6.07, 6.45) is 2.19. The maximum absolute atomic E-state index is 13.6. The van der Waals surface area contributed by atoms with Crippen molar-refractivity contribution in [3.63, 3.8) is 0 Å². The second-order valence-electron chi connectivity index (χ2n) is 10.1. The SMILES string of the molecule is C=C(C(CN1C[C@@H](Nc2cc(F)cc(F)c2)CC1C=O)NC(=O)OC(C)(C)C)N1CCCC1C#N. The van der Waals surface area contributed by atoms with Crippen molar-refractivity contribution >= 4 is 18.1 Å². The lowest BCUT2D eigenvalue weighted by Gasteiger charge is -2.34. The Labute approximate surface area is 204 Å². The Morgan fingerprint density at radius 2 is 2.03 bits per heavy atom. The number of ether oxygens (including phenoxy) is 1. The van der Waals surface area contributed by atoms with Gasteiger partial charge in [0.15, 0.2) is 0 Å². The van der Waals surface area contributed by atoms with Crippen molar-refractivity contribution in [2.45, 2.75) is 69.8 Å². The minimum absolute atomic E-state index is 0.236. The Hall–Kier alpha value is -3.19. The van der Waals surface area contributed by atoms with Gasteiger partial charge in [-0.1, -0.05) is 6.58 Å². The number of carbonyl (C=O) groups is 2. The number of carbonyl (C=O) groups excluding carboxylic acids is 2. The second-order valence-corrected chi connectivity index (χ2v) is 10.1. The van der Waals surface area contributed by atoms with Gasteiger partial charge in [-0.25, -0.2) is 13.6 Å². The molecule has 0 radical (unpaired) electrons. The molecule has 2 aliphatic rings. The first-order valence-corrected chi connectivity index (χ1v) is 11.8. The van der Waals surface area contributed by atoms with Crippen molar-refractivity contribution in [1.82, 2.24) is 15.1 Å². The molecule has 1 amide bonds. The maximum atomic E-state index is 13.6. The van der Waals surface area contributed by atoms with E-state index < -0.39 is 35.4 Å². The van der Waals surface area contributed by atoms with Crippen LogP contribution in [0.15, 0.2) is 30.5 Å². The lowest BCUT2D eigenvalue weighted by Crippen LogP contribution is -2.51. The molecule has 0 saturated carbocycles. The number of amides is 1. The summed E-state index contributed by atoms with van der Waals surface area (Å²) < 4.78 is 32.6. The van der Waals surface area contributed by atoms with Gasteiger partial charge in [-0.05, 0) is 52.2 Å². The first-order chi connectivity index (χ1) is 16.5. The minimum Gasteiger partial charge on any atom is -0.444 e. The van der Waals surface area contributed by atoms with Crippen molar-refractivity contribution in [1.29, 1.82) is 5.26 Å². The van der Waals surface area contributed by atoms with Crippen LogP contribution in [0.4, 0.5) is 19.3 Å². The molecule has 2 saturated heterocycles. The zero-order valence-electron chi connectivity index (χ0n) is 20.4. The van der Waals surface area contributed by atoms with Crippen LogP contribution in [0, 0.1) is 23.0 Å². The number of hydrogen-bond acceptors (Lipinski definition) is 7. The summed E-state index contributed by atoms with van der Waals surface area (Å²) in [4.78, 5) is 28.2. The first kappa shape index (κ1) is 26.4. The number of likely N-dealkylation sites (tertiary alicyclic amines) is 2. The number of benzene rings is 1. The topological polar surface area (TPSA) is 97.7 Å². The van der Waals surface area contributed by atoms with Crippen molar-refractivity contribution in [2.24, 2.45) is 0 Å². The number of rotatable bonds is 8. The summed E-state index contributed by atoms with van der Waals surface area (Å²) in [5.41, 5.74) is 0.168. The molecule has 0 aliphatic carbocycles. The molecule has 2 fully saturated rings. The summed E-state index contributed by atoms with van der Waals surface area (Å²) in [6.45, 7) is 10.8. The number of aldehydes is 1. The maximum Gasteiger partial charge on any atom is 0.408 e. The number of nitrogens with one attached hydrogen (secondary N) is 2. The molecule has 1 aromatic carbocycles. The molecule has 3 rings (SSSR count). The molecular formula is C25H33F2N5O3. The van der Waals surface area contributed by atoms with E-state index in [2.05, 4.69) is 23.3 Å². The lowest BCUT2D eigenvalue weighted by atomic mass is 10.1.